The van der Waals surface area contributed by atoms with Crippen LogP contribution in [0, 0.1) is 5.92 Å². The summed E-state index contributed by atoms with van der Waals surface area (Å²) in [7, 11) is 1.88. The van der Waals surface area contributed by atoms with Gasteiger partial charge in [0.05, 0.1) is 24.2 Å². The van der Waals surface area contributed by atoms with Gasteiger partial charge in [0.2, 0.25) is 6.79 Å². The maximum Gasteiger partial charge on any atom is 0.310 e. The van der Waals surface area contributed by atoms with Gasteiger partial charge in [-0.2, -0.15) is 0 Å². The predicted molar refractivity (Wildman–Crippen MR) is 74.8 cm³/mol. The molecule has 6 nitrogen and oxygen atoms in total. The molecule has 2 unspecified atom stereocenters. The van der Waals surface area contributed by atoms with Gasteiger partial charge in [-0.3, -0.25) is 9.69 Å². The van der Waals surface area contributed by atoms with Gasteiger partial charge in [-0.25, -0.2) is 0 Å². The van der Waals surface area contributed by atoms with Gasteiger partial charge in [0.1, 0.15) is 0 Å². The number of hydrogen-bond donors (Lipinski definition) is 1. The van der Waals surface area contributed by atoms with Crippen molar-refractivity contribution in [1.82, 2.24) is 4.90 Å². The fraction of sp³-hybridized carbons (Fsp3) is 0.500. The Kier molecular flexibility index (Phi) is 3.93. The topological polar surface area (TPSA) is 68.2 Å². The highest BCUT2D eigenvalue weighted by Crippen LogP contribution is 2.40. The van der Waals surface area contributed by atoms with Gasteiger partial charge in [-0.05, 0) is 24.7 Å². The fourth-order valence-corrected chi connectivity index (χ4v) is 3.02. The van der Waals surface area contributed by atoms with Crippen LogP contribution in [0.25, 0.3) is 0 Å². The molecule has 21 heavy (non-hydrogen) atoms. The maximum absolute atomic E-state index is 11.2. The summed E-state index contributed by atoms with van der Waals surface area (Å²) in [6.07, 6.45) is 0. The van der Waals surface area contributed by atoms with Gasteiger partial charge in [-0.1, -0.05) is 11.6 Å². The quantitative estimate of drug-likeness (QED) is 0.910. The molecule has 1 saturated heterocycles. The Morgan fingerprint density at radius 3 is 3.00 bits per heavy atom. The van der Waals surface area contributed by atoms with Gasteiger partial charge in [0, 0.05) is 12.6 Å². The minimum atomic E-state index is -0.826. The number of halogens is 1. The minimum absolute atomic E-state index is 0.147. The van der Waals surface area contributed by atoms with Crippen molar-refractivity contribution < 1.29 is 24.1 Å². The average Bonchev–Trinajstić information content (AvgIpc) is 3.07. The number of carbonyl (C=O) groups is 1. The second-order valence-corrected chi connectivity index (χ2v) is 5.68. The normalized spacial score (nSPS) is 23.8. The lowest BCUT2D eigenvalue weighted by atomic mass is 10.0. The van der Waals surface area contributed by atoms with Crippen molar-refractivity contribution in [3.8, 4) is 11.5 Å². The Hall–Kier alpha value is -1.50. The van der Waals surface area contributed by atoms with E-state index in [1.807, 2.05) is 24.1 Å². The molecule has 3 rings (SSSR count). The van der Waals surface area contributed by atoms with Crippen molar-refractivity contribution in [3.05, 3.63) is 22.7 Å². The van der Waals surface area contributed by atoms with Gasteiger partial charge in [-0.15, -0.1) is 0 Å². The van der Waals surface area contributed by atoms with Crippen LogP contribution in [0.5, 0.6) is 11.5 Å². The summed E-state index contributed by atoms with van der Waals surface area (Å²) in [6.45, 7) is 1.41. The molecular formula is C14H16ClNO5. The van der Waals surface area contributed by atoms with Crippen molar-refractivity contribution in [2.24, 2.45) is 5.92 Å². The summed E-state index contributed by atoms with van der Waals surface area (Å²) in [5.41, 5.74) is 0.947. The third-order valence-electron chi connectivity index (χ3n) is 3.85. The number of carboxylic acids is 1. The molecule has 0 spiro atoms. The lowest BCUT2D eigenvalue weighted by molar-refractivity contribution is -0.143. The minimum Gasteiger partial charge on any atom is -0.481 e. The summed E-state index contributed by atoms with van der Waals surface area (Å²) in [5.74, 6) is -0.133. The largest absolute Gasteiger partial charge is 0.481 e. The first-order chi connectivity index (χ1) is 10.1. The van der Waals surface area contributed by atoms with Gasteiger partial charge in [0.25, 0.3) is 0 Å². The molecule has 2 aliphatic rings. The van der Waals surface area contributed by atoms with E-state index in [9.17, 15) is 9.90 Å². The van der Waals surface area contributed by atoms with Crippen LogP contribution in [0.3, 0.4) is 0 Å². The zero-order valence-electron chi connectivity index (χ0n) is 11.5. The van der Waals surface area contributed by atoms with E-state index in [1.165, 1.54) is 0 Å². The summed E-state index contributed by atoms with van der Waals surface area (Å²) < 4.78 is 15.9. The zero-order chi connectivity index (χ0) is 15.0. The highest BCUT2D eigenvalue weighted by molar-refractivity contribution is 6.32. The van der Waals surface area contributed by atoms with Crippen molar-refractivity contribution in [2.75, 3.05) is 27.1 Å². The number of benzene rings is 1. The molecule has 0 aliphatic carbocycles. The van der Waals surface area contributed by atoms with E-state index in [0.29, 0.717) is 29.7 Å². The number of fused-ring (bicyclic) bond motifs is 1. The Balaban J connectivity index is 1.74. The maximum atomic E-state index is 11.2. The third kappa shape index (κ3) is 2.79. The molecule has 114 valence electrons. The van der Waals surface area contributed by atoms with Crippen molar-refractivity contribution in [3.63, 3.8) is 0 Å². The van der Waals surface area contributed by atoms with Crippen LogP contribution in [0.15, 0.2) is 12.1 Å². The summed E-state index contributed by atoms with van der Waals surface area (Å²) >= 11 is 6.15. The SMILES string of the molecule is CN(Cc1cc(Cl)c2c(c1)OCO2)C1COCC1C(=O)O. The first-order valence-corrected chi connectivity index (χ1v) is 7.03. The average molecular weight is 314 g/mol. The van der Waals surface area contributed by atoms with E-state index >= 15 is 0 Å². The lowest BCUT2D eigenvalue weighted by Crippen LogP contribution is -2.40. The van der Waals surface area contributed by atoms with Crippen LogP contribution in [0.4, 0.5) is 0 Å². The molecule has 0 saturated carbocycles. The number of ether oxygens (including phenoxy) is 3. The number of hydrogen-bond acceptors (Lipinski definition) is 5. The highest BCUT2D eigenvalue weighted by Gasteiger charge is 2.36. The Morgan fingerprint density at radius 1 is 1.43 bits per heavy atom. The third-order valence-corrected chi connectivity index (χ3v) is 4.13. The Bertz CT molecular complexity index is 565. The molecule has 2 atom stereocenters. The van der Waals surface area contributed by atoms with E-state index in [2.05, 4.69) is 0 Å². The predicted octanol–water partition coefficient (Wildman–Crippen LogP) is 1.60. The van der Waals surface area contributed by atoms with Crippen molar-refractivity contribution in [2.45, 2.75) is 12.6 Å². The van der Waals surface area contributed by atoms with Gasteiger partial charge in [0.15, 0.2) is 11.5 Å². The molecule has 0 amide bonds. The highest BCUT2D eigenvalue weighted by atomic mass is 35.5. The second-order valence-electron chi connectivity index (χ2n) is 5.28. The monoisotopic (exact) mass is 313 g/mol. The van der Waals surface area contributed by atoms with E-state index < -0.39 is 11.9 Å². The molecule has 1 aromatic rings. The van der Waals surface area contributed by atoms with Crippen molar-refractivity contribution >= 4 is 17.6 Å². The summed E-state index contributed by atoms with van der Waals surface area (Å²) in [5, 5.41) is 9.71. The lowest BCUT2D eigenvalue weighted by Gasteiger charge is -2.26. The Morgan fingerprint density at radius 2 is 2.24 bits per heavy atom. The molecular weight excluding hydrogens is 298 g/mol. The van der Waals surface area contributed by atoms with Crippen LogP contribution < -0.4 is 9.47 Å². The first-order valence-electron chi connectivity index (χ1n) is 6.65. The number of aliphatic carboxylic acids is 1. The smallest absolute Gasteiger partial charge is 0.310 e. The summed E-state index contributed by atoms with van der Waals surface area (Å²) in [6, 6.07) is 3.54. The van der Waals surface area contributed by atoms with Crippen LogP contribution in [-0.2, 0) is 16.1 Å². The van der Waals surface area contributed by atoms with E-state index in [4.69, 9.17) is 25.8 Å². The molecule has 1 aromatic carbocycles. The second kappa shape index (κ2) is 5.71. The first kappa shape index (κ1) is 14.4. The number of rotatable bonds is 4. The van der Waals surface area contributed by atoms with E-state index in [-0.39, 0.29) is 19.4 Å². The van der Waals surface area contributed by atoms with E-state index in [0.717, 1.165) is 5.56 Å². The number of carboxylic acid groups (broad SMARTS) is 1. The molecule has 0 aromatic heterocycles. The summed E-state index contributed by atoms with van der Waals surface area (Å²) in [4.78, 5) is 13.2. The van der Waals surface area contributed by atoms with Crippen LogP contribution in [-0.4, -0.2) is 49.1 Å². The molecule has 0 bridgehead atoms. The molecule has 0 radical (unpaired) electrons. The number of likely N-dealkylation sites (N-methyl/N-ethyl adjacent to an activating group) is 1. The van der Waals surface area contributed by atoms with Gasteiger partial charge < -0.3 is 19.3 Å². The molecule has 7 heteroatoms. The van der Waals surface area contributed by atoms with Crippen LogP contribution in [0.2, 0.25) is 5.02 Å². The van der Waals surface area contributed by atoms with Crippen molar-refractivity contribution in [1.29, 1.82) is 0 Å². The molecule has 1 fully saturated rings. The zero-order valence-corrected chi connectivity index (χ0v) is 12.3. The molecule has 1 N–H and O–H groups in total. The number of nitrogens with zero attached hydrogens (tertiary/aromatic N) is 1. The van der Waals surface area contributed by atoms with Gasteiger partial charge >= 0.3 is 5.97 Å². The van der Waals surface area contributed by atoms with Crippen LogP contribution in [0.1, 0.15) is 5.56 Å². The molecule has 2 aliphatic heterocycles. The Labute approximate surface area is 127 Å². The van der Waals surface area contributed by atoms with Crippen LogP contribution >= 0.6 is 11.6 Å². The standard InChI is InChI=1S/C14H16ClNO5/c1-16(11-6-19-5-9(11)14(17)18)4-8-2-10(15)13-12(3-8)20-7-21-13/h2-3,9,11H,4-7H2,1H3,(H,17,18). The fourth-order valence-electron chi connectivity index (χ4n) is 2.73. The van der Waals surface area contributed by atoms with E-state index in [1.54, 1.807) is 0 Å². The molecule has 2 heterocycles.